The first-order chi connectivity index (χ1) is 14.1. The van der Waals surface area contributed by atoms with Crippen molar-refractivity contribution in [1.82, 2.24) is 0 Å². The van der Waals surface area contributed by atoms with Crippen molar-refractivity contribution in [2.45, 2.75) is 6.42 Å². The number of benzene rings is 3. The predicted octanol–water partition coefficient (Wildman–Crippen LogP) is 4.10. The molecule has 0 aliphatic carbocycles. The summed E-state index contributed by atoms with van der Waals surface area (Å²) in [7, 11) is 3.10. The number of anilines is 1. The van der Waals surface area contributed by atoms with Gasteiger partial charge in [-0.25, -0.2) is 0 Å². The van der Waals surface area contributed by atoms with Gasteiger partial charge in [0, 0.05) is 5.69 Å². The first kappa shape index (κ1) is 19.9. The molecule has 0 aromatic heterocycles. The number of esters is 1. The lowest BCUT2D eigenvalue weighted by Crippen LogP contribution is -2.13. The maximum absolute atomic E-state index is 12.4. The van der Waals surface area contributed by atoms with E-state index in [0.717, 1.165) is 11.3 Å². The molecule has 29 heavy (non-hydrogen) atoms. The lowest BCUT2D eigenvalue weighted by atomic mass is 10.1. The molecular weight excluding hydrogens is 370 g/mol. The molecule has 1 N–H and O–H groups in total. The Balaban J connectivity index is 1.58. The molecule has 3 aromatic rings. The van der Waals surface area contributed by atoms with Gasteiger partial charge < -0.3 is 19.5 Å². The number of hydrogen-bond donors (Lipinski definition) is 1. The normalized spacial score (nSPS) is 10.1. The maximum Gasteiger partial charge on any atom is 0.315 e. The molecule has 0 fully saturated rings. The van der Waals surface area contributed by atoms with Crippen LogP contribution in [0, 0.1) is 0 Å². The molecule has 0 aliphatic heterocycles. The van der Waals surface area contributed by atoms with E-state index in [-0.39, 0.29) is 18.3 Å². The van der Waals surface area contributed by atoms with Crippen LogP contribution < -0.4 is 19.5 Å². The lowest BCUT2D eigenvalue weighted by Gasteiger charge is -2.10. The minimum atomic E-state index is -0.374. The fraction of sp³-hybridized carbons (Fsp3) is 0.130. The average Bonchev–Trinajstić information content (AvgIpc) is 2.75. The molecule has 3 aromatic carbocycles. The Kier molecular flexibility index (Phi) is 6.47. The van der Waals surface area contributed by atoms with Crippen molar-refractivity contribution in [2.24, 2.45) is 0 Å². The van der Waals surface area contributed by atoms with Crippen LogP contribution in [0.15, 0.2) is 72.8 Å². The molecule has 148 valence electrons. The highest BCUT2D eigenvalue weighted by Crippen LogP contribution is 2.21. The molecular formula is C23H21NO5. The van der Waals surface area contributed by atoms with Crippen LogP contribution in [-0.2, 0) is 11.2 Å². The summed E-state index contributed by atoms with van der Waals surface area (Å²) in [5.41, 5.74) is 1.84. The second-order valence-electron chi connectivity index (χ2n) is 6.18. The number of amides is 1. The molecule has 1 amide bonds. The highest BCUT2D eigenvalue weighted by molar-refractivity contribution is 6.06. The predicted molar refractivity (Wildman–Crippen MR) is 110 cm³/mol. The van der Waals surface area contributed by atoms with Gasteiger partial charge in [0.2, 0.25) is 0 Å². The van der Waals surface area contributed by atoms with Crippen molar-refractivity contribution in [3.63, 3.8) is 0 Å². The van der Waals surface area contributed by atoms with Crippen LogP contribution in [0.2, 0.25) is 0 Å². The van der Waals surface area contributed by atoms with Crippen LogP contribution in [0.5, 0.6) is 17.2 Å². The molecule has 0 bridgehead atoms. The number of rotatable bonds is 7. The summed E-state index contributed by atoms with van der Waals surface area (Å²) in [4.78, 5) is 24.5. The van der Waals surface area contributed by atoms with Gasteiger partial charge in [-0.2, -0.15) is 0 Å². The van der Waals surface area contributed by atoms with E-state index in [4.69, 9.17) is 14.2 Å². The Morgan fingerprint density at radius 1 is 0.793 bits per heavy atom. The van der Waals surface area contributed by atoms with Crippen LogP contribution in [0.25, 0.3) is 0 Å². The minimum absolute atomic E-state index is 0.149. The first-order valence-electron chi connectivity index (χ1n) is 8.97. The Bertz CT molecular complexity index is 981. The van der Waals surface area contributed by atoms with Gasteiger partial charge in [0.1, 0.15) is 17.2 Å². The zero-order valence-corrected chi connectivity index (χ0v) is 16.2. The van der Waals surface area contributed by atoms with Crippen molar-refractivity contribution in [1.29, 1.82) is 0 Å². The minimum Gasteiger partial charge on any atom is -0.497 e. The van der Waals surface area contributed by atoms with E-state index in [1.165, 1.54) is 7.11 Å². The summed E-state index contributed by atoms with van der Waals surface area (Å²) in [6.45, 7) is 0. The topological polar surface area (TPSA) is 73.9 Å². The SMILES string of the molecule is COc1ccc(CC(=O)Oc2ccc(NC(=O)c3ccccc3OC)cc2)cc1. The zero-order chi connectivity index (χ0) is 20.6. The summed E-state index contributed by atoms with van der Waals surface area (Å²) in [5, 5.41) is 2.79. The van der Waals surface area contributed by atoms with Gasteiger partial charge in [-0.3, -0.25) is 9.59 Å². The van der Waals surface area contributed by atoms with Crippen molar-refractivity contribution in [3.05, 3.63) is 83.9 Å². The number of nitrogens with one attached hydrogen (secondary N) is 1. The van der Waals surface area contributed by atoms with Gasteiger partial charge in [-0.05, 0) is 54.1 Å². The van der Waals surface area contributed by atoms with Crippen LogP contribution in [0.1, 0.15) is 15.9 Å². The number of methoxy groups -OCH3 is 2. The standard InChI is InChI=1S/C23H21NO5/c1-27-18-11-7-16(8-12-18)15-22(25)29-19-13-9-17(10-14-19)24-23(26)20-5-3-4-6-21(20)28-2/h3-14H,15H2,1-2H3,(H,24,26). The molecule has 0 aliphatic rings. The van der Waals surface area contributed by atoms with E-state index in [9.17, 15) is 9.59 Å². The Hall–Kier alpha value is -3.80. The molecule has 0 atom stereocenters. The second-order valence-corrected chi connectivity index (χ2v) is 6.18. The molecule has 0 radical (unpaired) electrons. The first-order valence-corrected chi connectivity index (χ1v) is 8.97. The van der Waals surface area contributed by atoms with E-state index in [0.29, 0.717) is 22.7 Å². The molecule has 0 unspecified atom stereocenters. The molecule has 3 rings (SSSR count). The van der Waals surface area contributed by atoms with Gasteiger partial charge in [0.25, 0.3) is 5.91 Å². The Morgan fingerprint density at radius 3 is 2.10 bits per heavy atom. The van der Waals surface area contributed by atoms with E-state index >= 15 is 0 Å². The van der Waals surface area contributed by atoms with Crippen LogP contribution in [0.3, 0.4) is 0 Å². The Morgan fingerprint density at radius 2 is 1.45 bits per heavy atom. The summed E-state index contributed by atoms with van der Waals surface area (Å²) in [6, 6.07) is 20.8. The van der Waals surface area contributed by atoms with E-state index in [1.54, 1.807) is 67.8 Å². The third kappa shape index (κ3) is 5.35. The van der Waals surface area contributed by atoms with Crippen molar-refractivity contribution < 1.29 is 23.8 Å². The molecule has 6 heteroatoms. The molecule has 6 nitrogen and oxygen atoms in total. The Labute approximate surface area is 169 Å². The summed E-state index contributed by atoms with van der Waals surface area (Å²) < 4.78 is 15.7. The van der Waals surface area contributed by atoms with Crippen LogP contribution >= 0.6 is 0 Å². The van der Waals surface area contributed by atoms with Gasteiger partial charge in [-0.15, -0.1) is 0 Å². The van der Waals surface area contributed by atoms with E-state index < -0.39 is 0 Å². The fourth-order valence-corrected chi connectivity index (χ4v) is 2.71. The zero-order valence-electron chi connectivity index (χ0n) is 16.2. The maximum atomic E-state index is 12.4. The van der Waals surface area contributed by atoms with Gasteiger partial charge in [0.05, 0.1) is 26.2 Å². The number of hydrogen-bond acceptors (Lipinski definition) is 5. The second kappa shape index (κ2) is 9.41. The quantitative estimate of drug-likeness (QED) is 0.485. The van der Waals surface area contributed by atoms with Crippen LogP contribution in [0.4, 0.5) is 5.69 Å². The number of para-hydroxylation sites is 1. The van der Waals surface area contributed by atoms with E-state index in [2.05, 4.69) is 5.32 Å². The van der Waals surface area contributed by atoms with E-state index in [1.807, 2.05) is 12.1 Å². The average molecular weight is 391 g/mol. The van der Waals surface area contributed by atoms with Crippen molar-refractivity contribution in [2.75, 3.05) is 19.5 Å². The monoisotopic (exact) mass is 391 g/mol. The number of carbonyl (C=O) groups excluding carboxylic acids is 2. The fourth-order valence-electron chi connectivity index (χ4n) is 2.71. The summed E-state index contributed by atoms with van der Waals surface area (Å²) >= 11 is 0. The van der Waals surface area contributed by atoms with Crippen LogP contribution in [-0.4, -0.2) is 26.1 Å². The number of ether oxygens (including phenoxy) is 3. The van der Waals surface area contributed by atoms with Gasteiger partial charge in [-0.1, -0.05) is 24.3 Å². The van der Waals surface area contributed by atoms with Crippen molar-refractivity contribution >= 4 is 17.6 Å². The highest BCUT2D eigenvalue weighted by atomic mass is 16.5. The molecule has 0 heterocycles. The third-order valence-corrected chi connectivity index (χ3v) is 4.20. The van der Waals surface area contributed by atoms with Crippen molar-refractivity contribution in [3.8, 4) is 17.2 Å². The number of carbonyl (C=O) groups is 2. The van der Waals surface area contributed by atoms with Gasteiger partial charge >= 0.3 is 5.97 Å². The summed E-state index contributed by atoms with van der Waals surface area (Å²) in [5.74, 6) is 0.966. The third-order valence-electron chi connectivity index (χ3n) is 4.20. The molecule has 0 saturated carbocycles. The lowest BCUT2D eigenvalue weighted by molar-refractivity contribution is -0.133. The highest BCUT2D eigenvalue weighted by Gasteiger charge is 2.12. The van der Waals surface area contributed by atoms with Gasteiger partial charge in [0.15, 0.2) is 0 Å². The summed E-state index contributed by atoms with van der Waals surface area (Å²) in [6.07, 6.45) is 0.149. The molecule has 0 spiro atoms. The smallest absolute Gasteiger partial charge is 0.315 e. The largest absolute Gasteiger partial charge is 0.497 e. The molecule has 0 saturated heterocycles.